The monoisotopic (exact) mass is 235 g/mol. The maximum Gasteiger partial charge on any atom is 0.140 e. The van der Waals surface area contributed by atoms with Gasteiger partial charge in [0.2, 0.25) is 0 Å². The predicted molar refractivity (Wildman–Crippen MR) is 78.1 cm³/mol. The number of hydrogen-bond donors (Lipinski definition) is 1. The van der Waals surface area contributed by atoms with Gasteiger partial charge in [-0.3, -0.25) is 0 Å². The lowest BCUT2D eigenvalue weighted by molar-refractivity contribution is 0.496. The highest BCUT2D eigenvalue weighted by Gasteiger charge is 2.25. The summed E-state index contributed by atoms with van der Waals surface area (Å²) in [5.41, 5.74) is 0. The molecule has 98 valence electrons. The third kappa shape index (κ3) is 4.65. The van der Waals surface area contributed by atoms with Gasteiger partial charge in [0.1, 0.15) is 6.71 Å². The predicted octanol–water partition coefficient (Wildman–Crippen LogP) is 4.23. The van der Waals surface area contributed by atoms with E-state index in [4.69, 9.17) is 0 Å². The SMILES string of the molecule is CB(CC1CCCCCC1)[C@@H]1CCCNCC1. The van der Waals surface area contributed by atoms with E-state index < -0.39 is 0 Å². The largest absolute Gasteiger partial charge is 0.317 e. The van der Waals surface area contributed by atoms with E-state index in [1.165, 1.54) is 77.2 Å². The van der Waals surface area contributed by atoms with Crippen LogP contribution in [0.5, 0.6) is 0 Å². The first-order chi connectivity index (χ1) is 8.36. The van der Waals surface area contributed by atoms with Crippen molar-refractivity contribution >= 4 is 6.71 Å². The lowest BCUT2D eigenvalue weighted by atomic mass is 9.37. The Morgan fingerprint density at radius 3 is 2.41 bits per heavy atom. The maximum absolute atomic E-state index is 3.55. The van der Waals surface area contributed by atoms with E-state index in [1.807, 2.05) is 0 Å². The van der Waals surface area contributed by atoms with Crippen LogP contribution in [0, 0.1) is 5.92 Å². The zero-order valence-electron chi connectivity index (χ0n) is 11.7. The molecule has 1 nitrogen and oxygen atoms in total. The van der Waals surface area contributed by atoms with Crippen molar-refractivity contribution in [3.05, 3.63) is 0 Å². The van der Waals surface area contributed by atoms with Crippen LogP contribution in [0.2, 0.25) is 19.0 Å². The first-order valence-electron chi connectivity index (χ1n) is 8.07. The summed E-state index contributed by atoms with van der Waals surface area (Å²) in [5, 5.41) is 3.55. The molecule has 0 spiro atoms. The highest BCUT2D eigenvalue weighted by molar-refractivity contribution is 6.59. The quantitative estimate of drug-likeness (QED) is 0.570. The highest BCUT2D eigenvalue weighted by Crippen LogP contribution is 2.32. The van der Waals surface area contributed by atoms with Gasteiger partial charge in [0, 0.05) is 0 Å². The molecule has 0 bridgehead atoms. The second-order valence-electron chi connectivity index (χ2n) is 6.51. The Bertz CT molecular complexity index is 191. The van der Waals surface area contributed by atoms with Crippen LogP contribution in [-0.4, -0.2) is 19.8 Å². The maximum atomic E-state index is 3.55. The van der Waals surface area contributed by atoms with Gasteiger partial charge in [-0.2, -0.15) is 0 Å². The van der Waals surface area contributed by atoms with Crippen molar-refractivity contribution in [1.29, 1.82) is 0 Å². The summed E-state index contributed by atoms with van der Waals surface area (Å²) in [6.45, 7) is 6.02. The van der Waals surface area contributed by atoms with Crippen LogP contribution in [0.25, 0.3) is 0 Å². The Morgan fingerprint density at radius 1 is 0.882 bits per heavy atom. The molecule has 0 aromatic rings. The molecule has 1 saturated carbocycles. The van der Waals surface area contributed by atoms with E-state index >= 15 is 0 Å². The van der Waals surface area contributed by atoms with E-state index in [1.54, 1.807) is 0 Å². The molecule has 0 unspecified atom stereocenters. The standard InChI is InChI=1S/C15H30BN/c1-16(15-9-6-11-17-12-10-15)13-14-7-4-2-3-5-8-14/h14-15,17H,2-13H2,1H3/t15-/m1/s1. The molecule has 1 aliphatic carbocycles. The highest BCUT2D eigenvalue weighted by atomic mass is 14.8. The van der Waals surface area contributed by atoms with Crippen LogP contribution in [0.4, 0.5) is 0 Å². The molecular weight excluding hydrogens is 205 g/mol. The van der Waals surface area contributed by atoms with Gasteiger partial charge in [-0.1, -0.05) is 63.9 Å². The molecule has 1 N–H and O–H groups in total. The van der Waals surface area contributed by atoms with Crippen molar-refractivity contribution in [3.63, 3.8) is 0 Å². The van der Waals surface area contributed by atoms with E-state index in [9.17, 15) is 0 Å². The Kier molecular flexibility index (Phi) is 5.90. The first-order valence-corrected chi connectivity index (χ1v) is 8.07. The van der Waals surface area contributed by atoms with E-state index in [-0.39, 0.29) is 0 Å². The summed E-state index contributed by atoms with van der Waals surface area (Å²) < 4.78 is 0. The number of rotatable bonds is 3. The van der Waals surface area contributed by atoms with Crippen LogP contribution in [-0.2, 0) is 0 Å². The molecule has 17 heavy (non-hydrogen) atoms. The molecule has 1 saturated heterocycles. The normalized spacial score (nSPS) is 28.4. The summed E-state index contributed by atoms with van der Waals surface area (Å²) in [6, 6.07) is 0. The van der Waals surface area contributed by atoms with Crippen molar-refractivity contribution in [2.75, 3.05) is 13.1 Å². The molecule has 2 fully saturated rings. The van der Waals surface area contributed by atoms with Crippen molar-refractivity contribution in [2.45, 2.75) is 76.7 Å². The summed E-state index contributed by atoms with van der Waals surface area (Å²) in [5.74, 6) is 2.07. The minimum atomic E-state index is 0.970. The van der Waals surface area contributed by atoms with Crippen molar-refractivity contribution in [2.24, 2.45) is 5.92 Å². The second kappa shape index (κ2) is 7.46. The zero-order valence-corrected chi connectivity index (χ0v) is 11.7. The molecular formula is C15H30BN. The minimum Gasteiger partial charge on any atom is -0.317 e. The zero-order chi connectivity index (χ0) is 11.9. The van der Waals surface area contributed by atoms with Crippen molar-refractivity contribution < 1.29 is 0 Å². The van der Waals surface area contributed by atoms with Crippen LogP contribution in [0.1, 0.15) is 57.8 Å². The summed E-state index contributed by atoms with van der Waals surface area (Å²) in [7, 11) is 0. The van der Waals surface area contributed by atoms with Gasteiger partial charge in [-0.05, 0) is 31.8 Å². The summed E-state index contributed by atoms with van der Waals surface area (Å²) in [6.07, 6.45) is 14.9. The van der Waals surface area contributed by atoms with Gasteiger partial charge in [0.25, 0.3) is 0 Å². The van der Waals surface area contributed by atoms with Gasteiger partial charge in [0.15, 0.2) is 0 Å². The minimum absolute atomic E-state index is 0.970. The smallest absolute Gasteiger partial charge is 0.140 e. The molecule has 1 aliphatic heterocycles. The van der Waals surface area contributed by atoms with E-state index in [0.29, 0.717) is 0 Å². The Balaban J connectivity index is 1.75. The van der Waals surface area contributed by atoms with Gasteiger partial charge >= 0.3 is 0 Å². The Morgan fingerprint density at radius 2 is 1.65 bits per heavy atom. The van der Waals surface area contributed by atoms with Gasteiger partial charge in [-0.15, -0.1) is 0 Å². The van der Waals surface area contributed by atoms with Gasteiger partial charge in [0.05, 0.1) is 0 Å². The van der Waals surface area contributed by atoms with Crippen LogP contribution in [0.3, 0.4) is 0 Å². The summed E-state index contributed by atoms with van der Waals surface area (Å²) in [4.78, 5) is 0. The summed E-state index contributed by atoms with van der Waals surface area (Å²) >= 11 is 0. The molecule has 0 aromatic heterocycles. The molecule has 1 heterocycles. The van der Waals surface area contributed by atoms with E-state index in [0.717, 1.165) is 18.4 Å². The Labute approximate surface area is 108 Å². The third-order valence-electron chi connectivity index (χ3n) is 5.10. The van der Waals surface area contributed by atoms with E-state index in [2.05, 4.69) is 12.1 Å². The van der Waals surface area contributed by atoms with Crippen molar-refractivity contribution in [1.82, 2.24) is 5.32 Å². The Hall–Kier alpha value is 0.0249. The molecule has 2 aliphatic rings. The lowest BCUT2D eigenvalue weighted by Gasteiger charge is -2.23. The molecule has 0 radical (unpaired) electrons. The number of nitrogens with one attached hydrogen (secondary N) is 1. The van der Waals surface area contributed by atoms with Crippen LogP contribution < -0.4 is 5.32 Å². The van der Waals surface area contributed by atoms with Crippen LogP contribution >= 0.6 is 0 Å². The van der Waals surface area contributed by atoms with Gasteiger partial charge in [-0.25, -0.2) is 0 Å². The molecule has 2 heteroatoms. The third-order valence-corrected chi connectivity index (χ3v) is 5.10. The number of hydrogen-bond acceptors (Lipinski definition) is 1. The van der Waals surface area contributed by atoms with Crippen LogP contribution in [0.15, 0.2) is 0 Å². The molecule has 0 amide bonds. The lowest BCUT2D eigenvalue weighted by Crippen LogP contribution is -2.21. The van der Waals surface area contributed by atoms with Crippen molar-refractivity contribution in [3.8, 4) is 0 Å². The topological polar surface area (TPSA) is 12.0 Å². The second-order valence-corrected chi connectivity index (χ2v) is 6.51. The fourth-order valence-corrected chi connectivity index (χ4v) is 3.93. The molecule has 2 rings (SSSR count). The average Bonchev–Trinajstić information content (AvgIpc) is 2.72. The van der Waals surface area contributed by atoms with Gasteiger partial charge < -0.3 is 5.32 Å². The fourth-order valence-electron chi connectivity index (χ4n) is 3.93. The molecule has 1 atom stereocenters. The first kappa shape index (κ1) is 13.5. The molecule has 0 aromatic carbocycles. The average molecular weight is 235 g/mol. The fraction of sp³-hybridized carbons (Fsp3) is 1.00.